The Bertz CT molecular complexity index is 351. The zero-order valence-electron chi connectivity index (χ0n) is 11.5. The van der Waals surface area contributed by atoms with Crippen molar-refractivity contribution in [1.29, 1.82) is 0 Å². The van der Waals surface area contributed by atoms with Gasteiger partial charge < -0.3 is 5.11 Å². The largest absolute Gasteiger partial charge is 0.393 e. The normalized spacial score (nSPS) is 27.1. The van der Waals surface area contributed by atoms with Gasteiger partial charge in [0.2, 0.25) is 0 Å². The third kappa shape index (κ3) is 2.93. The van der Waals surface area contributed by atoms with E-state index in [4.69, 9.17) is 0 Å². The Morgan fingerprint density at radius 2 is 2.00 bits per heavy atom. The van der Waals surface area contributed by atoms with Crippen molar-refractivity contribution < 1.29 is 5.11 Å². The monoisotopic (exact) mass is 247 g/mol. The van der Waals surface area contributed by atoms with Crippen LogP contribution < -0.4 is 0 Å². The Labute approximate surface area is 111 Å². The summed E-state index contributed by atoms with van der Waals surface area (Å²) >= 11 is 0. The molecular weight excluding hydrogens is 222 g/mol. The van der Waals surface area contributed by atoms with E-state index in [1.165, 1.54) is 5.56 Å². The molecule has 1 N–H and O–H groups in total. The van der Waals surface area contributed by atoms with Crippen molar-refractivity contribution in [3.05, 3.63) is 35.9 Å². The van der Waals surface area contributed by atoms with Gasteiger partial charge in [-0.2, -0.15) is 0 Å². The quantitative estimate of drug-likeness (QED) is 0.881. The first kappa shape index (κ1) is 13.6. The SMILES string of the molecule is CCC(c1ccccc1)N1CC[C@@H](O)C[C@@H]1CC. The standard InChI is InChI=1S/C16H25NO/c1-3-14-12-15(18)10-11-17(14)16(4-2)13-8-6-5-7-9-13/h5-9,14-16,18H,3-4,10-12H2,1-2H3/t14-,15+,16?/m0/s1. The van der Waals surface area contributed by atoms with Crippen molar-refractivity contribution in [3.63, 3.8) is 0 Å². The van der Waals surface area contributed by atoms with Crippen LogP contribution in [0, 0.1) is 0 Å². The van der Waals surface area contributed by atoms with Crippen LogP contribution in [-0.4, -0.2) is 28.7 Å². The number of piperidine rings is 1. The molecule has 18 heavy (non-hydrogen) atoms. The third-order valence-electron chi connectivity index (χ3n) is 4.18. The van der Waals surface area contributed by atoms with Crippen LogP contribution in [0.2, 0.25) is 0 Å². The van der Waals surface area contributed by atoms with Crippen molar-refractivity contribution in [2.45, 2.75) is 57.7 Å². The summed E-state index contributed by atoms with van der Waals surface area (Å²) in [6.45, 7) is 5.51. The summed E-state index contributed by atoms with van der Waals surface area (Å²) in [4.78, 5) is 2.60. The number of rotatable bonds is 4. The fraction of sp³-hybridized carbons (Fsp3) is 0.625. The number of hydrogen-bond acceptors (Lipinski definition) is 2. The van der Waals surface area contributed by atoms with Gasteiger partial charge in [-0.25, -0.2) is 0 Å². The van der Waals surface area contributed by atoms with Gasteiger partial charge in [-0.15, -0.1) is 0 Å². The van der Waals surface area contributed by atoms with Crippen LogP contribution in [0.25, 0.3) is 0 Å². The summed E-state index contributed by atoms with van der Waals surface area (Å²) in [6, 6.07) is 11.8. The summed E-state index contributed by atoms with van der Waals surface area (Å²) < 4.78 is 0. The lowest BCUT2D eigenvalue weighted by molar-refractivity contribution is 0.0136. The zero-order chi connectivity index (χ0) is 13.0. The van der Waals surface area contributed by atoms with Gasteiger partial charge in [0.05, 0.1) is 6.10 Å². The maximum absolute atomic E-state index is 9.83. The van der Waals surface area contributed by atoms with Gasteiger partial charge in [0.25, 0.3) is 0 Å². The van der Waals surface area contributed by atoms with E-state index in [0.717, 1.165) is 32.2 Å². The number of hydrogen-bond donors (Lipinski definition) is 1. The fourth-order valence-corrected chi connectivity index (χ4v) is 3.20. The molecule has 1 aromatic carbocycles. The van der Waals surface area contributed by atoms with E-state index in [0.29, 0.717) is 12.1 Å². The summed E-state index contributed by atoms with van der Waals surface area (Å²) in [7, 11) is 0. The van der Waals surface area contributed by atoms with E-state index < -0.39 is 0 Å². The molecule has 1 aliphatic heterocycles. The molecule has 0 radical (unpaired) electrons. The lowest BCUT2D eigenvalue weighted by Gasteiger charge is -2.42. The molecule has 0 aliphatic carbocycles. The molecular formula is C16H25NO. The van der Waals surface area contributed by atoms with Crippen LogP contribution >= 0.6 is 0 Å². The molecule has 2 nitrogen and oxygen atoms in total. The first-order valence-corrected chi connectivity index (χ1v) is 7.25. The van der Waals surface area contributed by atoms with Crippen molar-refractivity contribution in [1.82, 2.24) is 4.90 Å². The van der Waals surface area contributed by atoms with E-state index in [2.05, 4.69) is 49.1 Å². The minimum absolute atomic E-state index is 0.0977. The van der Waals surface area contributed by atoms with Crippen LogP contribution in [-0.2, 0) is 0 Å². The molecule has 1 aliphatic rings. The van der Waals surface area contributed by atoms with Crippen LogP contribution in [0.15, 0.2) is 30.3 Å². The van der Waals surface area contributed by atoms with E-state index in [-0.39, 0.29) is 6.10 Å². The molecule has 2 heteroatoms. The van der Waals surface area contributed by atoms with Gasteiger partial charge in [0, 0.05) is 18.6 Å². The van der Waals surface area contributed by atoms with Gasteiger partial charge in [0.15, 0.2) is 0 Å². The molecule has 1 fully saturated rings. The van der Waals surface area contributed by atoms with Crippen molar-refractivity contribution >= 4 is 0 Å². The first-order valence-electron chi connectivity index (χ1n) is 7.25. The summed E-state index contributed by atoms with van der Waals surface area (Å²) in [6.07, 6.45) is 4.01. The highest BCUT2D eigenvalue weighted by molar-refractivity contribution is 5.19. The number of aliphatic hydroxyl groups excluding tert-OH is 1. The first-order chi connectivity index (χ1) is 8.76. The topological polar surface area (TPSA) is 23.5 Å². The third-order valence-corrected chi connectivity index (χ3v) is 4.18. The lowest BCUT2D eigenvalue weighted by atomic mass is 9.92. The van der Waals surface area contributed by atoms with E-state index >= 15 is 0 Å². The molecule has 100 valence electrons. The molecule has 1 heterocycles. The van der Waals surface area contributed by atoms with Crippen molar-refractivity contribution in [2.24, 2.45) is 0 Å². The molecule has 3 atom stereocenters. The molecule has 0 amide bonds. The van der Waals surface area contributed by atoms with Crippen LogP contribution in [0.1, 0.15) is 51.1 Å². The lowest BCUT2D eigenvalue weighted by Crippen LogP contribution is -2.45. The molecule has 1 saturated heterocycles. The van der Waals surface area contributed by atoms with Crippen LogP contribution in [0.3, 0.4) is 0 Å². The molecule has 0 aromatic heterocycles. The highest BCUT2D eigenvalue weighted by Gasteiger charge is 2.30. The predicted molar refractivity (Wildman–Crippen MR) is 75.5 cm³/mol. The molecule has 0 spiro atoms. The Morgan fingerprint density at radius 3 is 2.61 bits per heavy atom. The second kappa shape index (κ2) is 6.35. The molecule has 1 unspecified atom stereocenters. The Balaban J connectivity index is 2.16. The van der Waals surface area contributed by atoms with Crippen LogP contribution in [0.5, 0.6) is 0 Å². The van der Waals surface area contributed by atoms with Gasteiger partial charge in [-0.05, 0) is 31.2 Å². The Kier molecular flexibility index (Phi) is 4.79. The summed E-state index contributed by atoms with van der Waals surface area (Å²) in [5.41, 5.74) is 1.41. The summed E-state index contributed by atoms with van der Waals surface area (Å²) in [5, 5.41) is 9.83. The fourth-order valence-electron chi connectivity index (χ4n) is 3.20. The average Bonchev–Trinajstić information content (AvgIpc) is 2.42. The molecule has 1 aromatic rings. The zero-order valence-corrected chi connectivity index (χ0v) is 11.5. The van der Waals surface area contributed by atoms with Gasteiger partial charge in [-0.1, -0.05) is 44.2 Å². The summed E-state index contributed by atoms with van der Waals surface area (Å²) in [5.74, 6) is 0. The minimum atomic E-state index is -0.0977. The van der Waals surface area contributed by atoms with Crippen molar-refractivity contribution in [2.75, 3.05) is 6.54 Å². The highest BCUT2D eigenvalue weighted by Crippen LogP contribution is 2.32. The number of aliphatic hydroxyl groups is 1. The highest BCUT2D eigenvalue weighted by atomic mass is 16.3. The maximum Gasteiger partial charge on any atom is 0.0567 e. The van der Waals surface area contributed by atoms with E-state index in [1.54, 1.807) is 0 Å². The minimum Gasteiger partial charge on any atom is -0.393 e. The van der Waals surface area contributed by atoms with Gasteiger partial charge in [0.1, 0.15) is 0 Å². The second-order valence-corrected chi connectivity index (χ2v) is 5.31. The second-order valence-electron chi connectivity index (χ2n) is 5.31. The molecule has 0 bridgehead atoms. The smallest absolute Gasteiger partial charge is 0.0567 e. The Morgan fingerprint density at radius 1 is 1.28 bits per heavy atom. The van der Waals surface area contributed by atoms with E-state index in [9.17, 15) is 5.11 Å². The predicted octanol–water partition coefficient (Wildman–Crippen LogP) is 3.37. The number of likely N-dealkylation sites (tertiary alicyclic amines) is 1. The molecule has 0 saturated carbocycles. The maximum atomic E-state index is 9.83. The number of nitrogens with zero attached hydrogens (tertiary/aromatic N) is 1. The van der Waals surface area contributed by atoms with Gasteiger partial charge in [-0.3, -0.25) is 4.90 Å². The van der Waals surface area contributed by atoms with Crippen LogP contribution in [0.4, 0.5) is 0 Å². The average molecular weight is 247 g/mol. The van der Waals surface area contributed by atoms with Crippen molar-refractivity contribution in [3.8, 4) is 0 Å². The number of benzene rings is 1. The van der Waals surface area contributed by atoms with E-state index in [1.807, 2.05) is 0 Å². The van der Waals surface area contributed by atoms with Gasteiger partial charge >= 0.3 is 0 Å². The Hall–Kier alpha value is -0.860. The molecule has 2 rings (SSSR count).